The van der Waals surface area contributed by atoms with Crippen LogP contribution in [0.1, 0.15) is 23.0 Å². The van der Waals surface area contributed by atoms with Crippen LogP contribution in [0.4, 0.5) is 4.79 Å². The fourth-order valence-corrected chi connectivity index (χ4v) is 3.96. The number of hydrogen-bond donors (Lipinski definition) is 1. The molecule has 0 radical (unpaired) electrons. The standard InChI is InChI=1S/C22H24N4O5/c1-15(26-20(28)17(23-22(26)30)14-16-6-3-2-4-7-16)19(27)24-9-11-25(12-10-24)21(29)18-8-5-13-31-18/h2-8,13,15,17H,9-12,14H2,1H3,(H,23,30)/t15-,17+/m0/s1. The Hall–Kier alpha value is -3.62. The van der Waals surface area contributed by atoms with Crippen LogP contribution in [-0.2, 0) is 16.0 Å². The minimum absolute atomic E-state index is 0.219. The number of nitrogens with one attached hydrogen (secondary N) is 1. The Morgan fingerprint density at radius 2 is 1.71 bits per heavy atom. The van der Waals surface area contributed by atoms with Gasteiger partial charge in [0.1, 0.15) is 12.1 Å². The van der Waals surface area contributed by atoms with E-state index in [9.17, 15) is 19.2 Å². The van der Waals surface area contributed by atoms with Crippen molar-refractivity contribution in [3.05, 3.63) is 60.1 Å². The third-order valence-electron chi connectivity index (χ3n) is 5.69. The molecule has 9 nitrogen and oxygen atoms in total. The zero-order chi connectivity index (χ0) is 22.0. The molecular weight excluding hydrogens is 400 g/mol. The number of amides is 5. The second-order valence-electron chi connectivity index (χ2n) is 7.67. The quantitative estimate of drug-likeness (QED) is 0.725. The van der Waals surface area contributed by atoms with Gasteiger partial charge in [-0.2, -0.15) is 0 Å². The van der Waals surface area contributed by atoms with Gasteiger partial charge in [-0.05, 0) is 24.6 Å². The van der Waals surface area contributed by atoms with Crippen LogP contribution >= 0.6 is 0 Å². The van der Waals surface area contributed by atoms with Gasteiger partial charge in [-0.3, -0.25) is 19.3 Å². The molecule has 2 aromatic rings. The topological polar surface area (TPSA) is 103 Å². The first-order chi connectivity index (χ1) is 15.0. The van der Waals surface area contributed by atoms with Crippen molar-refractivity contribution in [1.29, 1.82) is 0 Å². The van der Waals surface area contributed by atoms with Crippen LogP contribution in [0.25, 0.3) is 0 Å². The van der Waals surface area contributed by atoms with E-state index in [1.807, 2.05) is 30.3 Å². The molecule has 2 atom stereocenters. The molecule has 1 aromatic heterocycles. The second-order valence-corrected chi connectivity index (χ2v) is 7.67. The molecule has 0 saturated carbocycles. The smallest absolute Gasteiger partial charge is 0.325 e. The van der Waals surface area contributed by atoms with Gasteiger partial charge in [-0.15, -0.1) is 0 Å². The largest absolute Gasteiger partial charge is 0.459 e. The lowest BCUT2D eigenvalue weighted by molar-refractivity contribution is -0.142. The van der Waals surface area contributed by atoms with Gasteiger partial charge >= 0.3 is 6.03 Å². The Balaban J connectivity index is 1.35. The number of benzene rings is 1. The average molecular weight is 424 g/mol. The highest BCUT2D eigenvalue weighted by Crippen LogP contribution is 2.18. The molecule has 4 rings (SSSR count). The number of urea groups is 1. The van der Waals surface area contributed by atoms with E-state index >= 15 is 0 Å². The van der Waals surface area contributed by atoms with Crippen LogP contribution in [-0.4, -0.2) is 76.7 Å². The van der Waals surface area contributed by atoms with Gasteiger partial charge in [0.2, 0.25) is 5.91 Å². The summed E-state index contributed by atoms with van der Waals surface area (Å²) in [4.78, 5) is 54.8. The summed E-state index contributed by atoms with van der Waals surface area (Å²) in [6.07, 6.45) is 1.81. The maximum Gasteiger partial charge on any atom is 0.325 e. The fraction of sp³-hybridized carbons (Fsp3) is 0.364. The maximum absolute atomic E-state index is 13.0. The predicted molar refractivity (Wildman–Crippen MR) is 110 cm³/mol. The summed E-state index contributed by atoms with van der Waals surface area (Å²) in [6, 6.07) is 10.5. The van der Waals surface area contributed by atoms with Crippen molar-refractivity contribution in [3.8, 4) is 0 Å². The number of hydrogen-bond acceptors (Lipinski definition) is 5. The van der Waals surface area contributed by atoms with Gasteiger partial charge in [0, 0.05) is 32.6 Å². The van der Waals surface area contributed by atoms with Gasteiger partial charge in [0.25, 0.3) is 11.8 Å². The Morgan fingerprint density at radius 3 is 2.35 bits per heavy atom. The molecule has 0 bridgehead atoms. The predicted octanol–water partition coefficient (Wildman–Crippen LogP) is 1.12. The molecular formula is C22H24N4O5. The summed E-state index contributed by atoms with van der Waals surface area (Å²) >= 11 is 0. The van der Waals surface area contributed by atoms with Crippen LogP contribution in [0, 0.1) is 0 Å². The molecule has 31 heavy (non-hydrogen) atoms. The van der Waals surface area contributed by atoms with E-state index in [2.05, 4.69) is 5.32 Å². The van der Waals surface area contributed by atoms with Crippen molar-refractivity contribution in [1.82, 2.24) is 20.0 Å². The van der Waals surface area contributed by atoms with Gasteiger partial charge < -0.3 is 19.5 Å². The summed E-state index contributed by atoms with van der Waals surface area (Å²) in [5.74, 6) is -0.671. The van der Waals surface area contributed by atoms with E-state index in [-0.39, 0.29) is 17.6 Å². The summed E-state index contributed by atoms with van der Waals surface area (Å²) in [7, 11) is 0. The summed E-state index contributed by atoms with van der Waals surface area (Å²) in [5.41, 5.74) is 0.930. The van der Waals surface area contributed by atoms with Crippen molar-refractivity contribution in [2.45, 2.75) is 25.4 Å². The fourth-order valence-electron chi connectivity index (χ4n) is 3.96. The minimum Gasteiger partial charge on any atom is -0.459 e. The Morgan fingerprint density at radius 1 is 1.03 bits per heavy atom. The molecule has 1 aromatic carbocycles. The molecule has 1 N–H and O–H groups in total. The Labute approximate surface area is 179 Å². The van der Waals surface area contributed by atoms with Crippen molar-refractivity contribution >= 4 is 23.8 Å². The number of nitrogens with zero attached hydrogens (tertiary/aromatic N) is 3. The van der Waals surface area contributed by atoms with Crippen LogP contribution in [0.5, 0.6) is 0 Å². The average Bonchev–Trinajstić information content (AvgIpc) is 3.42. The lowest BCUT2D eigenvalue weighted by atomic mass is 10.1. The van der Waals surface area contributed by atoms with Crippen LogP contribution in [0.2, 0.25) is 0 Å². The van der Waals surface area contributed by atoms with Crippen LogP contribution in [0.3, 0.4) is 0 Å². The van der Waals surface area contributed by atoms with E-state index in [0.717, 1.165) is 10.5 Å². The molecule has 2 aliphatic heterocycles. The molecule has 2 aliphatic rings. The number of rotatable bonds is 5. The lowest BCUT2D eigenvalue weighted by Gasteiger charge is -2.36. The molecule has 2 saturated heterocycles. The normalized spacial score (nSPS) is 20.0. The van der Waals surface area contributed by atoms with E-state index in [0.29, 0.717) is 32.6 Å². The van der Waals surface area contributed by atoms with Gasteiger partial charge in [0.15, 0.2) is 5.76 Å². The first-order valence-corrected chi connectivity index (χ1v) is 10.2. The first kappa shape index (κ1) is 20.6. The first-order valence-electron chi connectivity index (χ1n) is 10.2. The molecule has 3 heterocycles. The van der Waals surface area contributed by atoms with Crippen LogP contribution in [0.15, 0.2) is 53.1 Å². The third-order valence-corrected chi connectivity index (χ3v) is 5.69. The molecule has 0 unspecified atom stereocenters. The maximum atomic E-state index is 13.0. The van der Waals surface area contributed by atoms with Gasteiger partial charge in [0.05, 0.1) is 6.26 Å². The minimum atomic E-state index is -0.916. The summed E-state index contributed by atoms with van der Waals surface area (Å²) in [6.45, 7) is 2.92. The number of imide groups is 1. The molecule has 0 spiro atoms. The SMILES string of the molecule is C[C@@H](C(=O)N1CCN(C(=O)c2ccco2)CC1)N1C(=O)N[C@H](Cc2ccccc2)C1=O. The number of furan rings is 1. The Bertz CT molecular complexity index is 967. The second kappa shape index (κ2) is 8.63. The Kier molecular flexibility index (Phi) is 5.75. The van der Waals surface area contributed by atoms with Crippen molar-refractivity contribution in [3.63, 3.8) is 0 Å². The number of carbonyl (C=O) groups is 4. The zero-order valence-corrected chi connectivity index (χ0v) is 17.2. The van der Waals surface area contributed by atoms with Gasteiger partial charge in [-0.25, -0.2) is 4.79 Å². The van der Waals surface area contributed by atoms with E-state index in [1.54, 1.807) is 28.9 Å². The number of carbonyl (C=O) groups excluding carboxylic acids is 4. The molecule has 2 fully saturated rings. The monoisotopic (exact) mass is 424 g/mol. The lowest BCUT2D eigenvalue weighted by Crippen LogP contribution is -2.56. The molecule has 5 amide bonds. The highest BCUT2D eigenvalue weighted by molar-refractivity contribution is 6.07. The van der Waals surface area contributed by atoms with Crippen molar-refractivity contribution < 1.29 is 23.6 Å². The third kappa shape index (κ3) is 4.16. The van der Waals surface area contributed by atoms with E-state index in [4.69, 9.17) is 4.42 Å². The van der Waals surface area contributed by atoms with E-state index in [1.165, 1.54) is 6.26 Å². The van der Waals surface area contributed by atoms with Crippen molar-refractivity contribution in [2.24, 2.45) is 0 Å². The highest BCUT2D eigenvalue weighted by Gasteiger charge is 2.44. The summed E-state index contributed by atoms with van der Waals surface area (Å²) < 4.78 is 5.14. The highest BCUT2D eigenvalue weighted by atomic mass is 16.3. The van der Waals surface area contributed by atoms with Crippen molar-refractivity contribution in [2.75, 3.05) is 26.2 Å². The zero-order valence-electron chi connectivity index (χ0n) is 17.2. The summed E-state index contributed by atoms with van der Waals surface area (Å²) in [5, 5.41) is 2.68. The molecule has 9 heteroatoms. The molecule has 162 valence electrons. The number of piperazine rings is 1. The molecule has 0 aliphatic carbocycles. The van der Waals surface area contributed by atoms with Crippen LogP contribution < -0.4 is 5.32 Å². The van der Waals surface area contributed by atoms with Gasteiger partial charge in [-0.1, -0.05) is 30.3 Å². The van der Waals surface area contributed by atoms with E-state index < -0.39 is 24.0 Å².